The van der Waals surface area contributed by atoms with Gasteiger partial charge in [-0.1, -0.05) is 42.1 Å². The first kappa shape index (κ1) is 21.9. The van der Waals surface area contributed by atoms with Gasteiger partial charge in [0.15, 0.2) is 10.9 Å². The van der Waals surface area contributed by atoms with Crippen LogP contribution in [0.15, 0.2) is 76.5 Å². The maximum Gasteiger partial charge on any atom is 0.251 e. The van der Waals surface area contributed by atoms with Gasteiger partial charge in [-0.2, -0.15) is 0 Å². The van der Waals surface area contributed by atoms with E-state index in [0.29, 0.717) is 36.1 Å². The van der Waals surface area contributed by atoms with Crippen LogP contribution in [0.25, 0.3) is 17.3 Å². The molecule has 0 aliphatic heterocycles. The van der Waals surface area contributed by atoms with Gasteiger partial charge < -0.3 is 14.5 Å². The highest BCUT2D eigenvalue weighted by atomic mass is 32.2. The van der Waals surface area contributed by atoms with E-state index in [4.69, 9.17) is 9.15 Å². The third-order valence-electron chi connectivity index (χ3n) is 4.91. The average molecular weight is 449 g/mol. The topological polar surface area (TPSA) is 82.2 Å². The highest BCUT2D eigenvalue weighted by Crippen LogP contribution is 2.31. The Hall–Kier alpha value is -3.36. The molecule has 8 heteroatoms. The molecule has 0 unspecified atom stereocenters. The van der Waals surface area contributed by atoms with E-state index in [2.05, 4.69) is 28.5 Å². The maximum absolute atomic E-state index is 12.2. The number of methoxy groups -OCH3 is 1. The van der Waals surface area contributed by atoms with Gasteiger partial charge in [0, 0.05) is 25.0 Å². The standard InChI is InChI=1S/C24H24N4O3S/c1-17-6-3-4-7-20(17)28-22(21-8-5-14-31-21)26-27-24(28)32-16-18-9-11-19(12-10-18)23(29)25-13-15-30-2/h3-12,14H,13,15-16H2,1-2H3,(H,25,29). The van der Waals surface area contributed by atoms with Gasteiger partial charge in [-0.25, -0.2) is 0 Å². The molecule has 1 amide bonds. The van der Waals surface area contributed by atoms with Crippen LogP contribution in [0.5, 0.6) is 0 Å². The van der Waals surface area contributed by atoms with Crippen molar-refractivity contribution in [3.8, 4) is 17.3 Å². The second-order valence-electron chi connectivity index (χ2n) is 7.14. The number of hydrogen-bond acceptors (Lipinski definition) is 6. The Bertz CT molecular complexity index is 1170. The third-order valence-corrected chi connectivity index (χ3v) is 5.91. The number of thioether (sulfide) groups is 1. The van der Waals surface area contributed by atoms with Crippen LogP contribution in [0, 0.1) is 6.92 Å². The monoisotopic (exact) mass is 448 g/mol. The summed E-state index contributed by atoms with van der Waals surface area (Å²) in [5, 5.41) is 12.4. The summed E-state index contributed by atoms with van der Waals surface area (Å²) in [5.74, 6) is 1.91. The molecule has 32 heavy (non-hydrogen) atoms. The van der Waals surface area contributed by atoms with E-state index < -0.39 is 0 Å². The van der Waals surface area contributed by atoms with E-state index in [9.17, 15) is 4.79 Å². The maximum atomic E-state index is 12.2. The Labute approximate surface area is 190 Å². The number of carbonyl (C=O) groups excluding carboxylic acids is 1. The molecule has 0 aliphatic carbocycles. The van der Waals surface area contributed by atoms with E-state index in [-0.39, 0.29) is 5.91 Å². The Morgan fingerprint density at radius 3 is 2.62 bits per heavy atom. The number of benzene rings is 2. The minimum atomic E-state index is -0.108. The van der Waals surface area contributed by atoms with Crippen LogP contribution in [-0.2, 0) is 10.5 Å². The Kier molecular flexibility index (Phi) is 7.03. The highest BCUT2D eigenvalue weighted by molar-refractivity contribution is 7.98. The lowest BCUT2D eigenvalue weighted by Crippen LogP contribution is -2.26. The molecule has 164 valence electrons. The number of carbonyl (C=O) groups is 1. The number of furan rings is 1. The largest absolute Gasteiger partial charge is 0.461 e. The zero-order valence-corrected chi connectivity index (χ0v) is 18.8. The highest BCUT2D eigenvalue weighted by Gasteiger charge is 2.19. The zero-order valence-electron chi connectivity index (χ0n) is 17.9. The number of ether oxygens (including phenoxy) is 1. The summed E-state index contributed by atoms with van der Waals surface area (Å²) in [7, 11) is 1.61. The number of nitrogens with one attached hydrogen (secondary N) is 1. The van der Waals surface area contributed by atoms with Crippen LogP contribution < -0.4 is 5.32 Å². The molecule has 1 N–H and O–H groups in total. The van der Waals surface area contributed by atoms with E-state index in [1.54, 1.807) is 25.1 Å². The number of nitrogens with zero attached hydrogens (tertiary/aromatic N) is 3. The predicted molar refractivity (Wildman–Crippen MR) is 124 cm³/mol. The minimum Gasteiger partial charge on any atom is -0.461 e. The molecule has 0 fully saturated rings. The molecule has 2 aromatic heterocycles. The van der Waals surface area contributed by atoms with E-state index >= 15 is 0 Å². The number of aryl methyl sites for hydroxylation is 1. The molecule has 0 radical (unpaired) electrons. The molecular weight excluding hydrogens is 424 g/mol. The summed E-state index contributed by atoms with van der Waals surface area (Å²) in [4.78, 5) is 12.2. The van der Waals surface area contributed by atoms with E-state index in [1.807, 2.05) is 59.2 Å². The molecule has 7 nitrogen and oxygen atoms in total. The van der Waals surface area contributed by atoms with Crippen LogP contribution >= 0.6 is 11.8 Å². The van der Waals surface area contributed by atoms with Crippen molar-refractivity contribution in [1.29, 1.82) is 0 Å². The van der Waals surface area contributed by atoms with Crippen LogP contribution in [0.3, 0.4) is 0 Å². The lowest BCUT2D eigenvalue weighted by molar-refractivity contribution is 0.0937. The molecule has 4 aromatic rings. The SMILES string of the molecule is COCCNC(=O)c1ccc(CSc2nnc(-c3ccco3)n2-c2ccccc2C)cc1. The lowest BCUT2D eigenvalue weighted by atomic mass is 10.1. The van der Waals surface area contributed by atoms with Gasteiger partial charge in [0.05, 0.1) is 18.6 Å². The molecule has 0 aliphatic rings. The quantitative estimate of drug-likeness (QED) is 0.300. The number of hydrogen-bond donors (Lipinski definition) is 1. The zero-order chi connectivity index (χ0) is 22.3. The molecule has 0 saturated heterocycles. The van der Waals surface area contributed by atoms with Crippen LogP contribution in [0.2, 0.25) is 0 Å². The van der Waals surface area contributed by atoms with Crippen molar-refractivity contribution in [2.75, 3.05) is 20.3 Å². The second kappa shape index (κ2) is 10.3. The second-order valence-corrected chi connectivity index (χ2v) is 8.08. The number of aromatic nitrogens is 3. The van der Waals surface area contributed by atoms with Gasteiger partial charge in [-0.3, -0.25) is 9.36 Å². The summed E-state index contributed by atoms with van der Waals surface area (Å²) in [6, 6.07) is 19.4. The fourth-order valence-electron chi connectivity index (χ4n) is 3.23. The summed E-state index contributed by atoms with van der Waals surface area (Å²) < 4.78 is 12.6. The van der Waals surface area contributed by atoms with Gasteiger partial charge in [-0.05, 0) is 48.4 Å². The molecular formula is C24H24N4O3S. The normalized spacial score (nSPS) is 10.9. The van der Waals surface area contributed by atoms with Crippen molar-refractivity contribution in [1.82, 2.24) is 20.1 Å². The van der Waals surface area contributed by atoms with Gasteiger partial charge in [0.2, 0.25) is 5.82 Å². The van der Waals surface area contributed by atoms with Crippen molar-refractivity contribution in [3.63, 3.8) is 0 Å². The summed E-state index contributed by atoms with van der Waals surface area (Å²) in [5.41, 5.74) is 3.83. The Balaban J connectivity index is 1.53. The molecule has 0 bridgehead atoms. The first-order valence-electron chi connectivity index (χ1n) is 10.2. The van der Waals surface area contributed by atoms with E-state index in [0.717, 1.165) is 22.0 Å². The number of para-hydroxylation sites is 1. The number of amides is 1. The van der Waals surface area contributed by atoms with Crippen LogP contribution in [0.4, 0.5) is 0 Å². The van der Waals surface area contributed by atoms with Crippen molar-refractivity contribution in [3.05, 3.63) is 83.6 Å². The van der Waals surface area contributed by atoms with Gasteiger partial charge in [-0.15, -0.1) is 10.2 Å². The van der Waals surface area contributed by atoms with Gasteiger partial charge in [0.25, 0.3) is 5.91 Å². The molecule has 2 heterocycles. The summed E-state index contributed by atoms with van der Waals surface area (Å²) in [6.45, 7) is 3.04. The lowest BCUT2D eigenvalue weighted by Gasteiger charge is -2.12. The summed E-state index contributed by atoms with van der Waals surface area (Å²) in [6.07, 6.45) is 1.63. The fourth-order valence-corrected chi connectivity index (χ4v) is 4.13. The average Bonchev–Trinajstić information content (AvgIpc) is 3.48. The Morgan fingerprint density at radius 2 is 1.91 bits per heavy atom. The predicted octanol–water partition coefficient (Wildman–Crippen LogP) is 4.50. The number of rotatable bonds is 9. The van der Waals surface area contributed by atoms with Crippen molar-refractivity contribution >= 4 is 17.7 Å². The van der Waals surface area contributed by atoms with Crippen molar-refractivity contribution in [2.24, 2.45) is 0 Å². The Morgan fingerprint density at radius 1 is 1.09 bits per heavy atom. The van der Waals surface area contributed by atoms with Gasteiger partial charge >= 0.3 is 0 Å². The third kappa shape index (κ3) is 4.92. The molecule has 2 aromatic carbocycles. The summed E-state index contributed by atoms with van der Waals surface area (Å²) >= 11 is 1.58. The molecule has 0 spiro atoms. The first-order valence-corrected chi connectivity index (χ1v) is 11.2. The molecule has 0 saturated carbocycles. The first-order chi connectivity index (χ1) is 15.7. The van der Waals surface area contributed by atoms with Crippen LogP contribution in [-0.4, -0.2) is 40.9 Å². The van der Waals surface area contributed by atoms with Crippen molar-refractivity contribution < 1.29 is 13.9 Å². The van der Waals surface area contributed by atoms with E-state index in [1.165, 1.54) is 0 Å². The minimum absolute atomic E-state index is 0.108. The van der Waals surface area contributed by atoms with Crippen molar-refractivity contribution in [2.45, 2.75) is 17.8 Å². The van der Waals surface area contributed by atoms with Crippen LogP contribution in [0.1, 0.15) is 21.5 Å². The molecule has 4 rings (SSSR count). The smallest absolute Gasteiger partial charge is 0.251 e. The molecule has 0 atom stereocenters. The van der Waals surface area contributed by atoms with Gasteiger partial charge in [0.1, 0.15) is 0 Å². The fraction of sp³-hybridized carbons (Fsp3) is 0.208.